The first kappa shape index (κ1) is 13.2. The Morgan fingerprint density at radius 3 is 3.06 bits per heavy atom. The molecule has 0 aromatic carbocycles. The molecule has 1 aromatic rings. The molecule has 0 spiro atoms. The van der Waals surface area contributed by atoms with Crippen LogP contribution in [0.2, 0.25) is 0 Å². The molecule has 1 aliphatic rings. The molecule has 0 radical (unpaired) electrons. The predicted octanol–water partition coefficient (Wildman–Crippen LogP) is 0.813. The number of nitrogens with one attached hydrogen (secondary N) is 1. The van der Waals surface area contributed by atoms with Crippen LogP contribution in [0.5, 0.6) is 0 Å². The number of amides is 2. The average Bonchev–Trinajstić information content (AvgIpc) is 2.94. The van der Waals surface area contributed by atoms with Gasteiger partial charge in [0.1, 0.15) is 0 Å². The standard InChI is InChI=1S/C12H17N3O2S/c1-2-6-15-11(16)8-9(12(15)17)13-4-3-10-14-5-7-18-10/h5,7,9,13H,2-4,6,8H2,1H3. The Kier molecular flexibility index (Phi) is 4.43. The molecule has 5 nitrogen and oxygen atoms in total. The molecule has 2 amide bonds. The molecule has 1 atom stereocenters. The van der Waals surface area contributed by atoms with Crippen LogP contribution >= 0.6 is 11.3 Å². The lowest BCUT2D eigenvalue weighted by molar-refractivity contribution is -0.138. The third-order valence-electron chi connectivity index (χ3n) is 2.90. The van der Waals surface area contributed by atoms with Crippen molar-refractivity contribution < 1.29 is 9.59 Å². The van der Waals surface area contributed by atoms with Crippen LogP contribution in [0.15, 0.2) is 11.6 Å². The molecule has 1 unspecified atom stereocenters. The highest BCUT2D eigenvalue weighted by molar-refractivity contribution is 7.09. The molecule has 0 bridgehead atoms. The Balaban J connectivity index is 1.80. The molecule has 1 fully saturated rings. The van der Waals surface area contributed by atoms with Gasteiger partial charge in [-0.25, -0.2) is 4.98 Å². The molecular formula is C12H17N3O2S. The van der Waals surface area contributed by atoms with Gasteiger partial charge in [0, 0.05) is 31.1 Å². The van der Waals surface area contributed by atoms with Gasteiger partial charge in [0.05, 0.1) is 17.5 Å². The maximum atomic E-state index is 11.9. The van der Waals surface area contributed by atoms with Crippen molar-refractivity contribution in [1.82, 2.24) is 15.2 Å². The van der Waals surface area contributed by atoms with E-state index in [4.69, 9.17) is 0 Å². The number of aromatic nitrogens is 1. The minimum Gasteiger partial charge on any atom is -0.305 e. The summed E-state index contributed by atoms with van der Waals surface area (Å²) in [5, 5.41) is 6.12. The fourth-order valence-electron chi connectivity index (χ4n) is 2.03. The highest BCUT2D eigenvalue weighted by Crippen LogP contribution is 2.13. The Bertz CT molecular complexity index is 419. The average molecular weight is 267 g/mol. The minimum atomic E-state index is -0.344. The number of thiazole rings is 1. The van der Waals surface area contributed by atoms with Crippen molar-refractivity contribution in [2.24, 2.45) is 0 Å². The van der Waals surface area contributed by atoms with E-state index < -0.39 is 0 Å². The zero-order valence-electron chi connectivity index (χ0n) is 10.4. The summed E-state index contributed by atoms with van der Waals surface area (Å²) in [6.45, 7) is 3.17. The van der Waals surface area contributed by atoms with Crippen LogP contribution in [0.25, 0.3) is 0 Å². The quantitative estimate of drug-likeness (QED) is 0.775. The molecule has 1 saturated heterocycles. The molecule has 2 rings (SSSR count). The molecule has 0 aliphatic carbocycles. The van der Waals surface area contributed by atoms with Crippen molar-refractivity contribution in [3.63, 3.8) is 0 Å². The van der Waals surface area contributed by atoms with E-state index in [0.29, 0.717) is 13.1 Å². The lowest BCUT2D eigenvalue weighted by atomic mass is 10.2. The van der Waals surface area contributed by atoms with E-state index >= 15 is 0 Å². The van der Waals surface area contributed by atoms with E-state index in [2.05, 4.69) is 10.3 Å². The number of carbonyl (C=O) groups is 2. The molecule has 0 saturated carbocycles. The summed E-state index contributed by atoms with van der Waals surface area (Å²) in [4.78, 5) is 29.1. The third-order valence-corrected chi connectivity index (χ3v) is 3.74. The predicted molar refractivity (Wildman–Crippen MR) is 69.2 cm³/mol. The normalized spacial score (nSPS) is 19.8. The fraction of sp³-hybridized carbons (Fsp3) is 0.583. The van der Waals surface area contributed by atoms with E-state index in [1.54, 1.807) is 17.5 Å². The van der Waals surface area contributed by atoms with Crippen LogP contribution < -0.4 is 5.32 Å². The van der Waals surface area contributed by atoms with E-state index in [0.717, 1.165) is 17.8 Å². The van der Waals surface area contributed by atoms with E-state index in [1.807, 2.05) is 12.3 Å². The van der Waals surface area contributed by atoms with Gasteiger partial charge in [-0.3, -0.25) is 14.5 Å². The highest BCUT2D eigenvalue weighted by Gasteiger charge is 2.37. The first-order valence-electron chi connectivity index (χ1n) is 6.18. The number of hydrogen-bond donors (Lipinski definition) is 1. The summed E-state index contributed by atoms with van der Waals surface area (Å²) < 4.78 is 0. The second kappa shape index (κ2) is 6.06. The molecule has 2 heterocycles. The van der Waals surface area contributed by atoms with E-state index in [-0.39, 0.29) is 24.3 Å². The van der Waals surface area contributed by atoms with Gasteiger partial charge in [-0.05, 0) is 6.42 Å². The van der Waals surface area contributed by atoms with Crippen molar-refractivity contribution in [1.29, 1.82) is 0 Å². The van der Waals surface area contributed by atoms with Crippen LogP contribution in [0.4, 0.5) is 0 Å². The lowest BCUT2D eigenvalue weighted by Gasteiger charge is -2.14. The van der Waals surface area contributed by atoms with Gasteiger partial charge in [0.25, 0.3) is 0 Å². The van der Waals surface area contributed by atoms with Gasteiger partial charge in [-0.1, -0.05) is 6.92 Å². The Morgan fingerprint density at radius 1 is 1.56 bits per heavy atom. The summed E-state index contributed by atoms with van der Waals surface area (Å²) in [6, 6.07) is -0.344. The van der Waals surface area contributed by atoms with Crippen molar-refractivity contribution in [3.05, 3.63) is 16.6 Å². The van der Waals surface area contributed by atoms with Crippen molar-refractivity contribution in [2.45, 2.75) is 32.2 Å². The zero-order chi connectivity index (χ0) is 13.0. The van der Waals surface area contributed by atoms with Gasteiger partial charge >= 0.3 is 0 Å². The number of hydrogen-bond acceptors (Lipinski definition) is 5. The zero-order valence-corrected chi connectivity index (χ0v) is 11.2. The molecule has 18 heavy (non-hydrogen) atoms. The number of carbonyl (C=O) groups excluding carboxylic acids is 2. The first-order chi connectivity index (χ1) is 8.72. The largest absolute Gasteiger partial charge is 0.305 e. The van der Waals surface area contributed by atoms with Crippen LogP contribution in [0, 0.1) is 0 Å². The number of rotatable bonds is 6. The maximum absolute atomic E-state index is 11.9. The summed E-state index contributed by atoms with van der Waals surface area (Å²) in [5.41, 5.74) is 0. The minimum absolute atomic E-state index is 0.0615. The lowest BCUT2D eigenvalue weighted by Crippen LogP contribution is -2.39. The van der Waals surface area contributed by atoms with Crippen molar-refractivity contribution in [3.8, 4) is 0 Å². The van der Waals surface area contributed by atoms with Gasteiger partial charge in [0.2, 0.25) is 11.8 Å². The smallest absolute Gasteiger partial charge is 0.246 e. The van der Waals surface area contributed by atoms with Crippen molar-refractivity contribution in [2.75, 3.05) is 13.1 Å². The number of imide groups is 1. The second-order valence-corrected chi connectivity index (χ2v) is 5.25. The molecular weight excluding hydrogens is 250 g/mol. The van der Waals surface area contributed by atoms with Crippen LogP contribution in [0.3, 0.4) is 0 Å². The summed E-state index contributed by atoms with van der Waals surface area (Å²) in [7, 11) is 0. The Hall–Kier alpha value is -1.27. The highest BCUT2D eigenvalue weighted by atomic mass is 32.1. The summed E-state index contributed by atoms with van der Waals surface area (Å²) >= 11 is 1.60. The van der Waals surface area contributed by atoms with Gasteiger partial charge in [0.15, 0.2) is 0 Å². The third kappa shape index (κ3) is 2.94. The van der Waals surface area contributed by atoms with Crippen LogP contribution in [-0.4, -0.2) is 40.8 Å². The molecule has 1 aromatic heterocycles. The number of nitrogens with zero attached hydrogens (tertiary/aromatic N) is 2. The van der Waals surface area contributed by atoms with Gasteiger partial charge in [-0.2, -0.15) is 0 Å². The summed E-state index contributed by atoms with van der Waals surface area (Å²) in [6.07, 6.45) is 3.66. The van der Waals surface area contributed by atoms with Crippen LogP contribution in [-0.2, 0) is 16.0 Å². The maximum Gasteiger partial charge on any atom is 0.246 e. The first-order valence-corrected chi connectivity index (χ1v) is 7.06. The molecule has 98 valence electrons. The number of likely N-dealkylation sites (tertiary alicyclic amines) is 1. The monoisotopic (exact) mass is 267 g/mol. The SMILES string of the molecule is CCCN1C(=O)CC(NCCc2nccs2)C1=O. The van der Waals surface area contributed by atoms with Crippen LogP contribution in [0.1, 0.15) is 24.8 Å². The van der Waals surface area contributed by atoms with Gasteiger partial charge in [-0.15, -0.1) is 11.3 Å². The Morgan fingerprint density at radius 2 is 2.39 bits per heavy atom. The van der Waals surface area contributed by atoms with Gasteiger partial charge < -0.3 is 5.32 Å². The van der Waals surface area contributed by atoms with E-state index in [1.165, 1.54) is 4.90 Å². The van der Waals surface area contributed by atoms with Crippen molar-refractivity contribution >= 4 is 23.2 Å². The molecule has 1 aliphatic heterocycles. The molecule has 6 heteroatoms. The fourth-order valence-corrected chi connectivity index (χ4v) is 2.65. The molecule has 1 N–H and O–H groups in total. The summed E-state index contributed by atoms with van der Waals surface area (Å²) in [5.74, 6) is -0.144. The van der Waals surface area contributed by atoms with E-state index in [9.17, 15) is 9.59 Å². The topological polar surface area (TPSA) is 62.3 Å². The second-order valence-electron chi connectivity index (χ2n) is 4.27. The Labute approximate surface area is 110 Å².